The van der Waals surface area contributed by atoms with Gasteiger partial charge in [0.2, 0.25) is 0 Å². The lowest BCUT2D eigenvalue weighted by Crippen LogP contribution is -2.52. The summed E-state index contributed by atoms with van der Waals surface area (Å²) in [5.41, 5.74) is 1.25. The second kappa shape index (κ2) is 8.92. The van der Waals surface area contributed by atoms with Crippen LogP contribution in [-0.4, -0.2) is 68.2 Å². The number of unbranched alkanes of at least 4 members (excludes halogenated alkanes) is 1. The number of urea groups is 1. The molecule has 0 spiro atoms. The fraction of sp³-hybridized carbons (Fsp3) is 0.632. The number of rotatable bonds is 6. The van der Waals surface area contributed by atoms with Gasteiger partial charge in [-0.25, -0.2) is 4.79 Å². The monoisotopic (exact) mass is 330 g/mol. The quantitative estimate of drug-likeness (QED) is 0.814. The van der Waals surface area contributed by atoms with E-state index in [2.05, 4.69) is 39.4 Å². The molecule has 24 heavy (non-hydrogen) atoms. The smallest absolute Gasteiger partial charge is 0.317 e. The number of carbonyl (C=O) groups excluding carboxylic acids is 1. The lowest BCUT2D eigenvalue weighted by molar-refractivity contribution is 0.194. The first-order valence-corrected chi connectivity index (χ1v) is 9.38. The summed E-state index contributed by atoms with van der Waals surface area (Å²) >= 11 is 0. The molecule has 3 rings (SSSR count). The predicted octanol–water partition coefficient (Wildman–Crippen LogP) is 2.39. The van der Waals surface area contributed by atoms with Crippen molar-refractivity contribution in [3.05, 3.63) is 30.3 Å². The van der Waals surface area contributed by atoms with Crippen molar-refractivity contribution in [1.29, 1.82) is 0 Å². The minimum atomic E-state index is 0.101. The zero-order valence-corrected chi connectivity index (χ0v) is 14.6. The van der Waals surface area contributed by atoms with Crippen LogP contribution in [0.25, 0.3) is 0 Å². The van der Waals surface area contributed by atoms with Crippen LogP contribution in [0, 0.1) is 0 Å². The number of likely N-dealkylation sites (tertiary alicyclic amines) is 1. The summed E-state index contributed by atoms with van der Waals surface area (Å²) in [7, 11) is 0. The topological polar surface area (TPSA) is 38.8 Å². The molecule has 2 heterocycles. The molecular weight excluding hydrogens is 300 g/mol. The average Bonchev–Trinajstić information content (AvgIpc) is 3.16. The number of amides is 2. The normalized spacial score (nSPS) is 18.8. The van der Waals surface area contributed by atoms with Crippen LogP contribution in [0.3, 0.4) is 0 Å². The van der Waals surface area contributed by atoms with Gasteiger partial charge in [0.25, 0.3) is 0 Å². The summed E-state index contributed by atoms with van der Waals surface area (Å²) in [5, 5.41) is 3.08. The third-order valence-corrected chi connectivity index (χ3v) is 5.06. The molecule has 0 atom stereocenters. The highest BCUT2D eigenvalue weighted by Crippen LogP contribution is 2.15. The van der Waals surface area contributed by atoms with Crippen molar-refractivity contribution in [2.75, 3.05) is 57.3 Å². The maximum absolute atomic E-state index is 12.2. The van der Waals surface area contributed by atoms with E-state index in [0.717, 1.165) is 39.1 Å². The highest BCUT2D eigenvalue weighted by atomic mass is 16.2. The number of anilines is 1. The highest BCUT2D eigenvalue weighted by molar-refractivity contribution is 5.74. The molecule has 5 nitrogen and oxygen atoms in total. The minimum absolute atomic E-state index is 0.101. The zero-order valence-electron chi connectivity index (χ0n) is 14.6. The van der Waals surface area contributed by atoms with Gasteiger partial charge in [-0.1, -0.05) is 18.2 Å². The number of piperazine rings is 1. The molecule has 2 amide bonds. The fourth-order valence-corrected chi connectivity index (χ4v) is 3.58. The SMILES string of the molecule is O=C(NCCCCN1CCCC1)N1CCN(c2ccccc2)CC1. The molecule has 0 saturated carbocycles. The van der Waals surface area contributed by atoms with Gasteiger partial charge in [0.15, 0.2) is 0 Å². The number of nitrogens with one attached hydrogen (secondary N) is 1. The van der Waals surface area contributed by atoms with Gasteiger partial charge in [0.1, 0.15) is 0 Å². The van der Waals surface area contributed by atoms with E-state index in [9.17, 15) is 4.79 Å². The van der Waals surface area contributed by atoms with Crippen molar-refractivity contribution < 1.29 is 4.79 Å². The van der Waals surface area contributed by atoms with Crippen LogP contribution in [0.15, 0.2) is 30.3 Å². The van der Waals surface area contributed by atoms with Crippen LogP contribution < -0.4 is 10.2 Å². The average molecular weight is 330 g/mol. The van der Waals surface area contributed by atoms with Crippen LogP contribution in [-0.2, 0) is 0 Å². The third kappa shape index (κ3) is 4.87. The summed E-state index contributed by atoms with van der Waals surface area (Å²) < 4.78 is 0. The standard InChI is InChI=1S/C19H30N4O/c24-19(20-10-4-5-11-21-12-6-7-13-21)23-16-14-22(15-17-23)18-8-2-1-3-9-18/h1-3,8-9H,4-7,10-17H2,(H,20,24). The molecule has 0 radical (unpaired) electrons. The Balaban J connectivity index is 1.29. The molecule has 2 saturated heterocycles. The summed E-state index contributed by atoms with van der Waals surface area (Å²) in [6, 6.07) is 10.5. The number of benzene rings is 1. The second-order valence-electron chi connectivity index (χ2n) is 6.80. The van der Waals surface area contributed by atoms with Crippen molar-refractivity contribution in [2.45, 2.75) is 25.7 Å². The molecule has 0 aromatic heterocycles. The van der Waals surface area contributed by atoms with Crippen LogP contribution in [0.4, 0.5) is 10.5 Å². The van der Waals surface area contributed by atoms with Gasteiger partial charge in [0.05, 0.1) is 0 Å². The predicted molar refractivity (Wildman–Crippen MR) is 98.5 cm³/mol. The molecule has 0 unspecified atom stereocenters. The first-order valence-electron chi connectivity index (χ1n) is 9.38. The summed E-state index contributed by atoms with van der Waals surface area (Å²) in [6.45, 7) is 7.93. The molecule has 0 aliphatic carbocycles. The Morgan fingerprint density at radius 3 is 2.33 bits per heavy atom. The molecular formula is C19H30N4O. The first kappa shape index (κ1) is 17.1. The molecule has 132 valence electrons. The molecule has 5 heteroatoms. The highest BCUT2D eigenvalue weighted by Gasteiger charge is 2.20. The van der Waals surface area contributed by atoms with Gasteiger partial charge in [-0.2, -0.15) is 0 Å². The van der Waals surface area contributed by atoms with Crippen molar-refractivity contribution in [3.63, 3.8) is 0 Å². The van der Waals surface area contributed by atoms with Gasteiger partial charge in [-0.3, -0.25) is 0 Å². The van der Waals surface area contributed by atoms with E-state index in [4.69, 9.17) is 0 Å². The summed E-state index contributed by atoms with van der Waals surface area (Å²) in [6.07, 6.45) is 4.96. The number of para-hydroxylation sites is 1. The lowest BCUT2D eigenvalue weighted by Gasteiger charge is -2.36. The van der Waals surface area contributed by atoms with Gasteiger partial charge < -0.3 is 20.0 Å². The molecule has 2 aliphatic heterocycles. The van der Waals surface area contributed by atoms with E-state index in [1.807, 2.05) is 11.0 Å². The van der Waals surface area contributed by atoms with Crippen LogP contribution in [0.1, 0.15) is 25.7 Å². The molecule has 1 N–H and O–H groups in total. The Kier molecular flexibility index (Phi) is 6.35. The van der Waals surface area contributed by atoms with Gasteiger partial charge in [-0.15, -0.1) is 0 Å². The fourth-order valence-electron chi connectivity index (χ4n) is 3.58. The van der Waals surface area contributed by atoms with E-state index in [1.165, 1.54) is 44.6 Å². The van der Waals surface area contributed by atoms with E-state index in [1.54, 1.807) is 0 Å². The lowest BCUT2D eigenvalue weighted by atomic mass is 10.2. The van der Waals surface area contributed by atoms with E-state index >= 15 is 0 Å². The van der Waals surface area contributed by atoms with Crippen molar-refractivity contribution in [2.24, 2.45) is 0 Å². The Hall–Kier alpha value is -1.75. The van der Waals surface area contributed by atoms with Crippen molar-refractivity contribution in [3.8, 4) is 0 Å². The van der Waals surface area contributed by atoms with Gasteiger partial charge in [-0.05, 0) is 57.5 Å². The third-order valence-electron chi connectivity index (χ3n) is 5.06. The number of carbonyl (C=O) groups is 1. The Morgan fingerprint density at radius 1 is 0.917 bits per heavy atom. The molecule has 1 aromatic rings. The Morgan fingerprint density at radius 2 is 1.62 bits per heavy atom. The van der Waals surface area contributed by atoms with E-state index < -0.39 is 0 Å². The van der Waals surface area contributed by atoms with E-state index in [0.29, 0.717) is 0 Å². The second-order valence-corrected chi connectivity index (χ2v) is 6.80. The molecule has 0 bridgehead atoms. The molecule has 2 aliphatic rings. The van der Waals surface area contributed by atoms with Gasteiger partial charge in [0, 0.05) is 38.4 Å². The zero-order chi connectivity index (χ0) is 16.6. The summed E-state index contributed by atoms with van der Waals surface area (Å²) in [5.74, 6) is 0. The number of nitrogens with zero attached hydrogens (tertiary/aromatic N) is 3. The van der Waals surface area contributed by atoms with Crippen LogP contribution in [0.2, 0.25) is 0 Å². The number of hydrogen-bond donors (Lipinski definition) is 1. The maximum atomic E-state index is 12.2. The largest absolute Gasteiger partial charge is 0.368 e. The van der Waals surface area contributed by atoms with Crippen molar-refractivity contribution in [1.82, 2.24) is 15.1 Å². The molecule has 1 aromatic carbocycles. The van der Waals surface area contributed by atoms with Crippen LogP contribution in [0.5, 0.6) is 0 Å². The Bertz CT molecular complexity index is 493. The Labute approximate surface area is 145 Å². The van der Waals surface area contributed by atoms with Crippen LogP contribution >= 0.6 is 0 Å². The summed E-state index contributed by atoms with van der Waals surface area (Å²) in [4.78, 5) is 19.1. The minimum Gasteiger partial charge on any atom is -0.368 e. The van der Waals surface area contributed by atoms with Crippen molar-refractivity contribution >= 4 is 11.7 Å². The van der Waals surface area contributed by atoms with E-state index in [-0.39, 0.29) is 6.03 Å². The molecule has 2 fully saturated rings. The number of hydrogen-bond acceptors (Lipinski definition) is 3. The first-order chi connectivity index (χ1) is 11.8. The van der Waals surface area contributed by atoms with Gasteiger partial charge >= 0.3 is 6.03 Å². The maximum Gasteiger partial charge on any atom is 0.317 e.